The summed E-state index contributed by atoms with van der Waals surface area (Å²) in [6.45, 7) is 0. The van der Waals surface area contributed by atoms with Crippen LogP contribution in [0.15, 0.2) is 0 Å². The summed E-state index contributed by atoms with van der Waals surface area (Å²) in [5.41, 5.74) is 6.23. The van der Waals surface area contributed by atoms with Crippen molar-refractivity contribution in [1.82, 2.24) is 5.48 Å². The fourth-order valence-corrected chi connectivity index (χ4v) is 0.0986. The Kier molecular flexibility index (Phi) is 7.63. The molecule has 0 aliphatic heterocycles. The van der Waals surface area contributed by atoms with Crippen molar-refractivity contribution in [3.63, 3.8) is 0 Å². The molecule has 0 bridgehead atoms. The minimum atomic E-state index is -1.53. The predicted molar refractivity (Wildman–Crippen MR) is 32.7 cm³/mol. The molecule has 0 aliphatic rings. The molecule has 0 aromatic carbocycles. The Balaban J connectivity index is 0. The van der Waals surface area contributed by atoms with Crippen molar-refractivity contribution in [3.8, 4) is 0 Å². The molecule has 7 heteroatoms. The Hall–Kier alpha value is -0.200. The van der Waals surface area contributed by atoms with Gasteiger partial charge in [0.05, 0.1) is 0 Å². The molecule has 5 N–H and O–H groups in total. The predicted octanol–water partition coefficient (Wildman–Crippen LogP) is -1.84. The van der Waals surface area contributed by atoms with Gasteiger partial charge in [-0.15, -0.1) is 0 Å². The van der Waals surface area contributed by atoms with E-state index in [1.165, 1.54) is 0 Å². The number of guanidine groups is 1. The van der Waals surface area contributed by atoms with Crippen LogP contribution in [-0.2, 0) is 4.84 Å². The van der Waals surface area contributed by atoms with Crippen molar-refractivity contribution >= 4 is 49.9 Å². The third-order valence-corrected chi connectivity index (χ3v) is 0.248. The van der Waals surface area contributed by atoms with E-state index in [1.807, 2.05) is 0 Å². The van der Waals surface area contributed by atoms with Gasteiger partial charge in [-0.2, -0.15) is 5.48 Å². The van der Waals surface area contributed by atoms with E-state index in [0.29, 0.717) is 0 Å². The van der Waals surface area contributed by atoms with Gasteiger partial charge < -0.3 is 15.7 Å². The first kappa shape index (κ1) is 11.6. The van der Waals surface area contributed by atoms with Crippen LogP contribution in [0.1, 0.15) is 0 Å². The van der Waals surface area contributed by atoms with Gasteiger partial charge in [-0.3, -0.25) is 5.41 Å². The summed E-state index contributed by atoms with van der Waals surface area (Å²) in [5, 5.41) is 14.1. The molecule has 9 heavy (non-hydrogen) atoms. The number of nitrogens with one attached hydrogen (secondary N) is 2. The molecular weight excluding hydrogens is 154 g/mol. The van der Waals surface area contributed by atoms with Crippen LogP contribution in [0.25, 0.3) is 0 Å². The van der Waals surface area contributed by atoms with E-state index < -0.39 is 12.1 Å². The maximum absolute atomic E-state index is 9.47. The van der Waals surface area contributed by atoms with Gasteiger partial charge in [-0.05, 0) is 0 Å². The maximum atomic E-state index is 9.47. The topological polar surface area (TPSA) is 108 Å². The summed E-state index contributed by atoms with van der Waals surface area (Å²) in [7, 11) is 0. The molecule has 0 aromatic heterocycles. The quantitative estimate of drug-likeness (QED) is 0.144. The van der Waals surface area contributed by atoms with Crippen molar-refractivity contribution in [2.45, 2.75) is 0 Å². The first-order valence-corrected chi connectivity index (χ1v) is 1.62. The van der Waals surface area contributed by atoms with Crippen molar-refractivity contribution in [1.29, 1.82) is 5.41 Å². The number of nitrogens with two attached hydrogens (primary N) is 1. The third kappa shape index (κ3) is 11.4. The summed E-state index contributed by atoms with van der Waals surface area (Å²) in [6.07, 6.45) is -1.53. The number of rotatable bonds is 0. The van der Waals surface area contributed by atoms with E-state index >= 15 is 0 Å². The number of carboxylic acid groups (broad SMARTS) is 1. The summed E-state index contributed by atoms with van der Waals surface area (Å²) >= 11 is 0. The van der Waals surface area contributed by atoms with E-state index in [4.69, 9.17) is 10.5 Å². The number of carbonyl (C=O) groups is 1. The molecule has 0 spiro atoms. The summed E-state index contributed by atoms with van der Waals surface area (Å²) in [5.74, 6) is -0.549. The van der Waals surface area contributed by atoms with Crippen LogP contribution in [0.3, 0.4) is 0 Å². The second-order valence-electron chi connectivity index (χ2n) is 0.884. The second-order valence-corrected chi connectivity index (χ2v) is 0.884. The molecule has 0 atom stereocenters. The molecule has 50 valence electrons. The van der Waals surface area contributed by atoms with Crippen LogP contribution < -0.4 is 11.2 Å². The molecule has 0 aromatic rings. The summed E-state index contributed by atoms with van der Waals surface area (Å²) in [4.78, 5) is 13.1. The van der Waals surface area contributed by atoms with Crippen molar-refractivity contribution in [2.24, 2.45) is 5.73 Å². The zero-order chi connectivity index (χ0) is 6.57. The van der Waals surface area contributed by atoms with Crippen LogP contribution in [0.4, 0.5) is 4.79 Å². The standard InChI is InChI=1S/C2H5N3O3.Ca.2H/c3-1(4)5-8-2(6)7;;;/h(H,6,7)(H4,3,4,5);;;. The van der Waals surface area contributed by atoms with Crippen LogP contribution in [0.2, 0.25) is 0 Å². The number of hydroxylamine groups is 1. The first-order chi connectivity index (χ1) is 3.63. The minimum absolute atomic E-state index is 0. The van der Waals surface area contributed by atoms with Crippen molar-refractivity contribution < 1.29 is 14.7 Å². The molecule has 0 saturated carbocycles. The average molecular weight is 161 g/mol. The second kappa shape index (κ2) is 5.93. The molecule has 0 unspecified atom stereocenters. The Bertz CT molecular complexity index is 102. The van der Waals surface area contributed by atoms with E-state index in [-0.39, 0.29) is 37.7 Å². The Labute approximate surface area is 80.8 Å². The zero-order valence-corrected chi connectivity index (χ0v) is 3.84. The van der Waals surface area contributed by atoms with Gasteiger partial charge in [0.25, 0.3) is 0 Å². The molecule has 0 amide bonds. The molecule has 6 nitrogen and oxygen atoms in total. The molecule has 0 heterocycles. The van der Waals surface area contributed by atoms with Crippen molar-refractivity contribution in [3.05, 3.63) is 0 Å². The van der Waals surface area contributed by atoms with Gasteiger partial charge in [0.15, 0.2) is 0 Å². The molecular formula is C2H7CaN3O3. The molecule has 0 rings (SSSR count). The fourth-order valence-electron chi connectivity index (χ4n) is 0.0986. The average Bonchev–Trinajstić information content (AvgIpc) is 1.61. The molecule has 0 radical (unpaired) electrons. The Morgan fingerprint density at radius 1 is 1.78 bits per heavy atom. The van der Waals surface area contributed by atoms with Gasteiger partial charge in [-0.25, -0.2) is 4.79 Å². The summed E-state index contributed by atoms with van der Waals surface area (Å²) in [6, 6.07) is 0. The first-order valence-electron chi connectivity index (χ1n) is 1.62. The van der Waals surface area contributed by atoms with Crippen LogP contribution >= 0.6 is 0 Å². The Morgan fingerprint density at radius 3 is 2.33 bits per heavy atom. The van der Waals surface area contributed by atoms with Gasteiger partial charge in [-0.1, -0.05) is 0 Å². The van der Waals surface area contributed by atoms with Gasteiger partial charge in [0, 0.05) is 0 Å². The van der Waals surface area contributed by atoms with E-state index in [1.54, 1.807) is 5.48 Å². The molecule has 0 aliphatic carbocycles. The van der Waals surface area contributed by atoms with Gasteiger partial charge >= 0.3 is 43.9 Å². The molecule has 0 fully saturated rings. The van der Waals surface area contributed by atoms with Crippen LogP contribution in [-0.4, -0.2) is 55.0 Å². The molecule has 0 saturated heterocycles. The van der Waals surface area contributed by atoms with Crippen LogP contribution in [0, 0.1) is 5.41 Å². The third-order valence-electron chi connectivity index (χ3n) is 0.248. The van der Waals surface area contributed by atoms with E-state index in [0.717, 1.165) is 0 Å². The van der Waals surface area contributed by atoms with Gasteiger partial charge in [0.2, 0.25) is 5.96 Å². The monoisotopic (exact) mass is 161 g/mol. The normalized spacial score (nSPS) is 6.67. The SMILES string of the molecule is N=C(N)NOC(=O)O.[CaH2]. The van der Waals surface area contributed by atoms with E-state index in [9.17, 15) is 4.79 Å². The fraction of sp³-hybridized carbons (Fsp3) is 0. The van der Waals surface area contributed by atoms with E-state index in [2.05, 4.69) is 10.6 Å². The number of hydrogen-bond acceptors (Lipinski definition) is 3. The number of hydrogen-bond donors (Lipinski definition) is 4. The summed E-state index contributed by atoms with van der Waals surface area (Å²) < 4.78 is 0. The van der Waals surface area contributed by atoms with Crippen LogP contribution in [0.5, 0.6) is 0 Å². The Morgan fingerprint density at radius 2 is 2.22 bits per heavy atom. The zero-order valence-electron chi connectivity index (χ0n) is 3.84. The van der Waals surface area contributed by atoms with Gasteiger partial charge in [0.1, 0.15) is 0 Å². The van der Waals surface area contributed by atoms with Crippen molar-refractivity contribution in [2.75, 3.05) is 0 Å².